The first-order valence-electron chi connectivity index (χ1n) is 7.57. The van der Waals surface area contributed by atoms with E-state index in [4.69, 9.17) is 9.05 Å². The number of benzene rings is 2. The molecule has 0 unspecified atom stereocenters. The van der Waals surface area contributed by atoms with Gasteiger partial charge >= 0.3 is 8.60 Å². The summed E-state index contributed by atoms with van der Waals surface area (Å²) in [6.07, 6.45) is 0. The van der Waals surface area contributed by atoms with Crippen molar-refractivity contribution < 1.29 is 18.3 Å². The first kappa shape index (κ1) is 16.2. The van der Waals surface area contributed by atoms with Crippen molar-refractivity contribution >= 4 is 8.60 Å². The van der Waals surface area contributed by atoms with Gasteiger partial charge in [0.15, 0.2) is 0 Å². The molecule has 2 aromatic carbocycles. The molecule has 0 spiro atoms. The van der Waals surface area contributed by atoms with E-state index in [0.29, 0.717) is 11.5 Å². The van der Waals surface area contributed by atoms with E-state index in [1.165, 1.54) is 0 Å². The van der Waals surface area contributed by atoms with E-state index < -0.39 is 8.60 Å². The second kappa shape index (κ2) is 6.10. The molecule has 0 radical (unpaired) electrons. The minimum absolute atomic E-state index is 0.0777. The highest BCUT2D eigenvalue weighted by molar-refractivity contribution is 7.42. The third kappa shape index (κ3) is 2.93. The number of aryl methyl sites for hydroxylation is 4. The van der Waals surface area contributed by atoms with Gasteiger partial charge in [0, 0.05) is 17.0 Å². The van der Waals surface area contributed by atoms with Crippen molar-refractivity contribution in [1.82, 2.24) is 0 Å². The van der Waals surface area contributed by atoms with Gasteiger partial charge in [-0.2, -0.15) is 0 Å². The summed E-state index contributed by atoms with van der Waals surface area (Å²) in [5.41, 5.74) is 6.26. The number of halogens is 1. The van der Waals surface area contributed by atoms with Crippen molar-refractivity contribution in [3.8, 4) is 11.5 Å². The average Bonchev–Trinajstić information content (AvgIpc) is 2.48. The summed E-state index contributed by atoms with van der Waals surface area (Å²) < 4.78 is 28.4. The molecule has 0 aromatic heterocycles. The molecular weight excluding hydrogens is 314 g/mol. The maximum atomic E-state index is 13.0. The van der Waals surface area contributed by atoms with Crippen LogP contribution in [-0.2, 0) is 4.73 Å². The molecule has 0 atom stereocenters. The molecule has 3 rings (SSSR count). The Morgan fingerprint density at radius 3 is 1.70 bits per heavy atom. The van der Waals surface area contributed by atoms with Crippen LogP contribution >= 0.6 is 8.60 Å². The Kier molecular flexibility index (Phi) is 4.31. The molecule has 0 fully saturated rings. The van der Waals surface area contributed by atoms with Gasteiger partial charge in [-0.15, -0.1) is 0 Å². The lowest BCUT2D eigenvalue weighted by Crippen LogP contribution is -2.10. The van der Waals surface area contributed by atoms with Crippen molar-refractivity contribution in [1.29, 1.82) is 0 Å². The fourth-order valence-corrected chi connectivity index (χ4v) is 4.12. The molecule has 0 saturated heterocycles. The highest BCUT2D eigenvalue weighted by atomic mass is 31.2. The number of rotatable bonds is 1. The molecule has 1 aliphatic rings. The first-order chi connectivity index (χ1) is 10.9. The summed E-state index contributed by atoms with van der Waals surface area (Å²) in [5, 5.41) is 0. The normalized spacial score (nSPS) is 19.7. The molecule has 23 heavy (non-hydrogen) atoms. The predicted molar refractivity (Wildman–Crippen MR) is 89.7 cm³/mol. The lowest BCUT2D eigenvalue weighted by molar-refractivity contribution is -0.0161. The zero-order chi connectivity index (χ0) is 16.7. The van der Waals surface area contributed by atoms with Crippen LogP contribution < -0.4 is 9.05 Å². The van der Waals surface area contributed by atoms with Crippen molar-refractivity contribution in [2.75, 3.05) is 0 Å². The Hall–Kier alpha value is -1.64. The third-order valence-corrected chi connectivity index (χ3v) is 4.99. The molecular formula is C18H20FO3P. The summed E-state index contributed by atoms with van der Waals surface area (Å²) in [6.45, 7) is 10.1. The van der Waals surface area contributed by atoms with Gasteiger partial charge in [0.2, 0.25) is 0 Å². The van der Waals surface area contributed by atoms with Crippen molar-refractivity contribution in [3.05, 3.63) is 57.6 Å². The summed E-state index contributed by atoms with van der Waals surface area (Å²) in [5.74, 6) is 1.38. The van der Waals surface area contributed by atoms with Gasteiger partial charge in [-0.05, 0) is 43.3 Å². The molecule has 0 N–H and O–H groups in total. The van der Waals surface area contributed by atoms with Crippen LogP contribution in [-0.4, -0.2) is 0 Å². The van der Waals surface area contributed by atoms with Crippen molar-refractivity contribution in [3.63, 3.8) is 0 Å². The molecule has 0 aliphatic carbocycles. The van der Waals surface area contributed by atoms with Crippen LogP contribution in [0.3, 0.4) is 0 Å². The van der Waals surface area contributed by atoms with Gasteiger partial charge < -0.3 is 9.05 Å². The van der Waals surface area contributed by atoms with Crippen molar-refractivity contribution in [2.24, 2.45) is 0 Å². The van der Waals surface area contributed by atoms with Gasteiger partial charge in [0.05, 0.1) is 0 Å². The number of hydrogen-bond donors (Lipinski definition) is 0. The Bertz CT molecular complexity index is 699. The molecule has 1 heterocycles. The second-order valence-electron chi connectivity index (χ2n) is 6.20. The summed E-state index contributed by atoms with van der Waals surface area (Å²) >= 11 is 0. The van der Waals surface area contributed by atoms with E-state index in [1.807, 2.05) is 39.8 Å². The molecule has 0 saturated carbocycles. The third-order valence-electron chi connectivity index (χ3n) is 4.22. The fraction of sp³-hybridized carbons (Fsp3) is 0.333. The zero-order valence-corrected chi connectivity index (χ0v) is 14.8. The quantitative estimate of drug-likeness (QED) is 0.601. The lowest BCUT2D eigenvalue weighted by Gasteiger charge is -2.28. The van der Waals surface area contributed by atoms with E-state index in [9.17, 15) is 4.53 Å². The van der Waals surface area contributed by atoms with E-state index in [1.54, 1.807) is 0 Å². The SMILES string of the molecule is Cc1cc(C)c2c(c1)C(C)c1cc(C)cc(C)c1OP(OF)O2. The first-order valence-corrected chi connectivity index (χ1v) is 8.67. The summed E-state index contributed by atoms with van der Waals surface area (Å²) in [4.78, 5) is 0. The van der Waals surface area contributed by atoms with Crippen LogP contribution in [0.1, 0.15) is 46.2 Å². The minimum Gasteiger partial charge on any atom is -0.416 e. The highest BCUT2D eigenvalue weighted by Gasteiger charge is 2.30. The van der Waals surface area contributed by atoms with Crippen LogP contribution in [0.4, 0.5) is 4.53 Å². The van der Waals surface area contributed by atoms with Gasteiger partial charge in [0.1, 0.15) is 11.5 Å². The zero-order valence-electron chi connectivity index (χ0n) is 13.9. The van der Waals surface area contributed by atoms with Gasteiger partial charge in [-0.3, -0.25) is 0 Å². The second-order valence-corrected chi connectivity index (χ2v) is 7.15. The van der Waals surface area contributed by atoms with E-state index in [0.717, 1.165) is 33.4 Å². The van der Waals surface area contributed by atoms with E-state index in [-0.39, 0.29) is 5.92 Å². The maximum Gasteiger partial charge on any atom is 0.497 e. The van der Waals surface area contributed by atoms with Crippen LogP contribution in [0.15, 0.2) is 24.3 Å². The van der Waals surface area contributed by atoms with Crippen LogP contribution in [0.5, 0.6) is 11.5 Å². The highest BCUT2D eigenvalue weighted by Crippen LogP contribution is 2.52. The Morgan fingerprint density at radius 2 is 1.30 bits per heavy atom. The van der Waals surface area contributed by atoms with Crippen LogP contribution in [0.2, 0.25) is 0 Å². The van der Waals surface area contributed by atoms with Gasteiger partial charge in [0.25, 0.3) is 0 Å². The van der Waals surface area contributed by atoms with Crippen LogP contribution in [0.25, 0.3) is 0 Å². The monoisotopic (exact) mass is 334 g/mol. The standard InChI is InChI=1S/C18H20FO3P/c1-10-6-12(3)17-15(8-10)14(5)16-9-11(2)7-13(4)18(16)21-23(20-17)22-19/h6-9,14H,1-5H3. The Balaban J connectivity index is 2.27. The lowest BCUT2D eigenvalue weighted by atomic mass is 9.87. The minimum atomic E-state index is -2.12. The van der Waals surface area contributed by atoms with E-state index in [2.05, 4.69) is 23.8 Å². The molecule has 2 aromatic rings. The predicted octanol–water partition coefficient (Wildman–Crippen LogP) is 5.97. The van der Waals surface area contributed by atoms with Crippen LogP contribution in [0, 0.1) is 27.7 Å². The number of fused-ring (bicyclic) bond motifs is 2. The molecule has 5 heteroatoms. The maximum absolute atomic E-state index is 13.0. The van der Waals surface area contributed by atoms with Gasteiger partial charge in [-0.1, -0.05) is 47.0 Å². The largest absolute Gasteiger partial charge is 0.497 e. The molecule has 0 amide bonds. The van der Waals surface area contributed by atoms with Crippen molar-refractivity contribution in [2.45, 2.75) is 40.5 Å². The topological polar surface area (TPSA) is 27.7 Å². The molecule has 122 valence electrons. The number of hydrogen-bond acceptors (Lipinski definition) is 3. The summed E-state index contributed by atoms with van der Waals surface area (Å²) in [6, 6.07) is 8.21. The smallest absolute Gasteiger partial charge is 0.416 e. The Labute approximate surface area is 137 Å². The Morgan fingerprint density at radius 1 is 0.870 bits per heavy atom. The van der Waals surface area contributed by atoms with Gasteiger partial charge in [-0.25, -0.2) is 0 Å². The molecule has 0 bridgehead atoms. The fourth-order valence-electron chi connectivity index (χ4n) is 3.23. The summed E-state index contributed by atoms with van der Waals surface area (Å²) in [7, 11) is -2.12. The average molecular weight is 334 g/mol. The van der Waals surface area contributed by atoms with E-state index >= 15 is 0 Å². The molecule has 1 aliphatic heterocycles. The molecule has 3 nitrogen and oxygen atoms in total.